The Balaban J connectivity index is 1.45. The molecule has 7 heteroatoms. The summed E-state index contributed by atoms with van der Waals surface area (Å²) in [6, 6.07) is 10.6. The van der Waals surface area contributed by atoms with Crippen molar-refractivity contribution < 1.29 is 9.90 Å². The molecule has 2 heterocycles. The van der Waals surface area contributed by atoms with Gasteiger partial charge in [-0.3, -0.25) is 4.90 Å². The predicted molar refractivity (Wildman–Crippen MR) is 119 cm³/mol. The van der Waals surface area contributed by atoms with E-state index in [0.717, 1.165) is 50.6 Å². The number of urea groups is 1. The molecule has 0 radical (unpaired) electrons. The standard InChI is InChI=1S/C24H31N5O2/c1-25-24(19-6-3-2-4-7-19)12-10-22(11-13-24)16-28(20-14-26-18-27-15-20)21(30)29(22)17-23(31)8-5-9-23/h2-4,6-7,14-15,18,25,31H,5,8-13,16-17H2,1H3/t22-,24-. The molecule has 3 fully saturated rings. The third-order valence-corrected chi connectivity index (χ3v) is 7.92. The molecule has 1 aromatic heterocycles. The Labute approximate surface area is 183 Å². The van der Waals surface area contributed by atoms with Crippen LogP contribution in [-0.4, -0.2) is 57.3 Å². The van der Waals surface area contributed by atoms with Gasteiger partial charge < -0.3 is 15.3 Å². The topological polar surface area (TPSA) is 81.6 Å². The van der Waals surface area contributed by atoms with Gasteiger partial charge in [-0.05, 0) is 57.6 Å². The molecule has 5 rings (SSSR count). The first kappa shape index (κ1) is 20.4. The molecule has 1 aromatic carbocycles. The molecule has 0 unspecified atom stereocenters. The number of hydrogen-bond acceptors (Lipinski definition) is 5. The zero-order chi connectivity index (χ0) is 21.5. The van der Waals surface area contributed by atoms with E-state index in [-0.39, 0.29) is 17.1 Å². The number of amides is 2. The summed E-state index contributed by atoms with van der Waals surface area (Å²) in [5.41, 5.74) is 0.909. The monoisotopic (exact) mass is 421 g/mol. The van der Waals surface area contributed by atoms with Crippen molar-refractivity contribution in [2.45, 2.75) is 61.6 Å². The lowest BCUT2D eigenvalue weighted by atomic mass is 9.68. The highest BCUT2D eigenvalue weighted by Crippen LogP contribution is 2.48. The lowest BCUT2D eigenvalue weighted by molar-refractivity contribution is -0.0690. The lowest BCUT2D eigenvalue weighted by Crippen LogP contribution is -2.59. The van der Waals surface area contributed by atoms with Gasteiger partial charge in [0.1, 0.15) is 6.33 Å². The third-order valence-electron chi connectivity index (χ3n) is 7.92. The normalized spacial score (nSPS) is 29.9. The Hall–Kier alpha value is -2.51. The second kappa shape index (κ2) is 7.57. The summed E-state index contributed by atoms with van der Waals surface area (Å²) < 4.78 is 0. The number of anilines is 1. The molecule has 2 aromatic rings. The van der Waals surface area contributed by atoms with Gasteiger partial charge in [0.2, 0.25) is 0 Å². The first-order chi connectivity index (χ1) is 15.0. The van der Waals surface area contributed by atoms with Crippen LogP contribution in [0.15, 0.2) is 49.1 Å². The SMILES string of the molecule is CN[C@]1(c2ccccc2)CC[C@@]2(CC1)CN(c1cncnc1)C(=O)N2CC1(O)CCC1. The summed E-state index contributed by atoms with van der Waals surface area (Å²) in [4.78, 5) is 25.6. The number of nitrogens with zero attached hydrogens (tertiary/aromatic N) is 4. The number of carbonyl (C=O) groups excluding carboxylic acids is 1. The van der Waals surface area contributed by atoms with Crippen LogP contribution < -0.4 is 10.2 Å². The van der Waals surface area contributed by atoms with Crippen LogP contribution in [-0.2, 0) is 5.54 Å². The van der Waals surface area contributed by atoms with E-state index >= 15 is 0 Å². The molecule has 7 nitrogen and oxygen atoms in total. The maximum atomic E-state index is 13.6. The van der Waals surface area contributed by atoms with Gasteiger partial charge in [-0.15, -0.1) is 0 Å². The number of β-amino-alcohol motifs (C(OH)–C–C–N with tert-alkyl or cyclic N) is 1. The Morgan fingerprint density at radius 1 is 1.03 bits per heavy atom. The van der Waals surface area contributed by atoms with Crippen LogP contribution in [0.25, 0.3) is 0 Å². The van der Waals surface area contributed by atoms with E-state index in [0.29, 0.717) is 13.1 Å². The minimum absolute atomic E-state index is 0.0354. The van der Waals surface area contributed by atoms with Gasteiger partial charge >= 0.3 is 6.03 Å². The maximum Gasteiger partial charge on any atom is 0.325 e. The van der Waals surface area contributed by atoms with E-state index in [1.807, 2.05) is 18.0 Å². The van der Waals surface area contributed by atoms with Crippen molar-refractivity contribution in [2.75, 3.05) is 25.0 Å². The van der Waals surface area contributed by atoms with Crippen LogP contribution in [0, 0.1) is 0 Å². The number of rotatable bonds is 5. The molecule has 2 amide bonds. The molecular weight excluding hydrogens is 390 g/mol. The quantitative estimate of drug-likeness (QED) is 0.776. The van der Waals surface area contributed by atoms with E-state index in [4.69, 9.17) is 0 Å². The van der Waals surface area contributed by atoms with E-state index in [1.165, 1.54) is 11.9 Å². The van der Waals surface area contributed by atoms with Crippen molar-refractivity contribution in [3.05, 3.63) is 54.6 Å². The minimum atomic E-state index is -0.747. The van der Waals surface area contributed by atoms with Crippen molar-refractivity contribution in [3.63, 3.8) is 0 Å². The van der Waals surface area contributed by atoms with Gasteiger partial charge in [0, 0.05) is 5.54 Å². The number of hydrogen-bond donors (Lipinski definition) is 2. The molecule has 0 atom stereocenters. The number of aliphatic hydroxyl groups is 1. The Kier molecular flexibility index (Phi) is 4.98. The average molecular weight is 422 g/mol. The first-order valence-electron chi connectivity index (χ1n) is 11.3. The van der Waals surface area contributed by atoms with E-state index in [2.05, 4.69) is 39.6 Å². The van der Waals surface area contributed by atoms with Crippen molar-refractivity contribution in [1.29, 1.82) is 0 Å². The molecule has 0 bridgehead atoms. The van der Waals surface area contributed by atoms with Crippen LogP contribution in [0.2, 0.25) is 0 Å². The summed E-state index contributed by atoms with van der Waals surface area (Å²) in [5.74, 6) is 0. The molecule has 1 aliphatic heterocycles. The van der Waals surface area contributed by atoms with Crippen molar-refractivity contribution in [3.8, 4) is 0 Å². The molecular formula is C24H31N5O2. The lowest BCUT2D eigenvalue weighted by Gasteiger charge is -2.50. The zero-order valence-corrected chi connectivity index (χ0v) is 18.1. The number of nitrogens with one attached hydrogen (secondary N) is 1. The van der Waals surface area contributed by atoms with E-state index in [1.54, 1.807) is 17.3 Å². The highest BCUT2D eigenvalue weighted by Gasteiger charge is 2.56. The Morgan fingerprint density at radius 3 is 2.29 bits per heavy atom. The van der Waals surface area contributed by atoms with Gasteiger partial charge in [0.05, 0.1) is 42.3 Å². The molecule has 1 spiro atoms. The smallest absolute Gasteiger partial charge is 0.325 e. The largest absolute Gasteiger partial charge is 0.388 e. The molecule has 31 heavy (non-hydrogen) atoms. The highest BCUT2D eigenvalue weighted by molar-refractivity contribution is 5.95. The third kappa shape index (κ3) is 3.40. The highest BCUT2D eigenvalue weighted by atomic mass is 16.3. The van der Waals surface area contributed by atoms with Gasteiger partial charge in [-0.25, -0.2) is 14.8 Å². The number of benzene rings is 1. The first-order valence-corrected chi connectivity index (χ1v) is 11.3. The summed E-state index contributed by atoms with van der Waals surface area (Å²) in [6.07, 6.45) is 11.1. The van der Waals surface area contributed by atoms with Crippen LogP contribution in [0.3, 0.4) is 0 Å². The van der Waals surface area contributed by atoms with E-state index in [9.17, 15) is 9.90 Å². The fraction of sp³-hybridized carbons (Fsp3) is 0.542. The van der Waals surface area contributed by atoms with Gasteiger partial charge in [-0.2, -0.15) is 0 Å². The minimum Gasteiger partial charge on any atom is -0.388 e. The van der Waals surface area contributed by atoms with E-state index < -0.39 is 5.60 Å². The van der Waals surface area contributed by atoms with Crippen LogP contribution in [0.4, 0.5) is 10.5 Å². The fourth-order valence-electron chi connectivity index (χ4n) is 5.71. The molecule has 2 saturated carbocycles. The average Bonchev–Trinajstić information content (AvgIpc) is 3.06. The summed E-state index contributed by atoms with van der Waals surface area (Å²) in [7, 11) is 2.03. The summed E-state index contributed by atoms with van der Waals surface area (Å²) >= 11 is 0. The molecule has 3 aliphatic rings. The second-order valence-corrected chi connectivity index (χ2v) is 9.55. The maximum absolute atomic E-state index is 13.6. The Bertz CT molecular complexity index is 924. The van der Waals surface area contributed by atoms with Crippen LogP contribution >= 0.6 is 0 Å². The predicted octanol–water partition coefficient (Wildman–Crippen LogP) is 3.06. The second-order valence-electron chi connectivity index (χ2n) is 9.55. The van der Waals surface area contributed by atoms with Crippen LogP contribution in [0.1, 0.15) is 50.5 Å². The number of carbonyl (C=O) groups is 1. The van der Waals surface area contributed by atoms with Gasteiger partial charge in [0.25, 0.3) is 0 Å². The van der Waals surface area contributed by atoms with Crippen molar-refractivity contribution in [2.24, 2.45) is 0 Å². The molecule has 2 aliphatic carbocycles. The fourth-order valence-corrected chi connectivity index (χ4v) is 5.71. The summed E-state index contributed by atoms with van der Waals surface area (Å²) in [6.45, 7) is 1.03. The Morgan fingerprint density at radius 2 is 1.71 bits per heavy atom. The number of aromatic nitrogens is 2. The van der Waals surface area contributed by atoms with Crippen molar-refractivity contribution >= 4 is 11.7 Å². The summed E-state index contributed by atoms with van der Waals surface area (Å²) in [5, 5.41) is 14.5. The van der Waals surface area contributed by atoms with Crippen LogP contribution in [0.5, 0.6) is 0 Å². The zero-order valence-electron chi connectivity index (χ0n) is 18.1. The molecule has 2 N–H and O–H groups in total. The van der Waals surface area contributed by atoms with Gasteiger partial charge in [0.15, 0.2) is 0 Å². The molecule has 164 valence electrons. The molecule has 1 saturated heterocycles. The van der Waals surface area contributed by atoms with Gasteiger partial charge in [-0.1, -0.05) is 30.3 Å². The van der Waals surface area contributed by atoms with Crippen molar-refractivity contribution in [1.82, 2.24) is 20.2 Å².